The van der Waals surface area contributed by atoms with Crippen molar-refractivity contribution in [2.75, 3.05) is 25.2 Å². The molecule has 0 bridgehead atoms. The number of hydrogen-bond acceptors (Lipinski definition) is 14. The summed E-state index contributed by atoms with van der Waals surface area (Å²) in [6.07, 6.45) is 16.9. The molecule has 3 unspecified atom stereocenters. The van der Waals surface area contributed by atoms with Crippen molar-refractivity contribution >= 4 is 58.9 Å². The third-order valence-corrected chi connectivity index (χ3v) is 12.7. The van der Waals surface area contributed by atoms with Gasteiger partial charge in [-0.25, -0.2) is 19.9 Å². The summed E-state index contributed by atoms with van der Waals surface area (Å²) in [6, 6.07) is 0. The van der Waals surface area contributed by atoms with Crippen LogP contribution in [0, 0.1) is 0 Å². The molecule has 1 aliphatic rings. The zero-order valence-corrected chi connectivity index (χ0v) is 41.7. The molecule has 344 valence electrons. The zero-order chi connectivity index (χ0) is 44.9. The Balaban J connectivity index is 0.000000400. The fourth-order valence-corrected chi connectivity index (χ4v) is 9.95. The molecule has 0 radical (unpaired) electrons. The predicted molar refractivity (Wildman–Crippen MR) is 244 cm³/mol. The molecule has 4 N–H and O–H groups in total. The van der Waals surface area contributed by atoms with E-state index in [4.69, 9.17) is 76.3 Å². The number of nitrogens with one attached hydrogen (secondary N) is 3. The number of fused-ring (bicyclic) bond motifs is 1. The first kappa shape index (κ1) is 56.6. The van der Waals surface area contributed by atoms with E-state index in [0.717, 1.165) is 36.1 Å². The van der Waals surface area contributed by atoms with Gasteiger partial charge in [-0.05, 0) is 88.0 Å². The maximum absolute atomic E-state index is 8.86. The summed E-state index contributed by atoms with van der Waals surface area (Å²) >= 11 is 14.9. The molecule has 4 aromatic heterocycles. The van der Waals surface area contributed by atoms with Crippen LogP contribution in [0.1, 0.15) is 99.5 Å². The summed E-state index contributed by atoms with van der Waals surface area (Å²) < 4.78 is 46.8. The Morgan fingerprint density at radius 3 is 1.82 bits per heavy atom. The second-order valence-corrected chi connectivity index (χ2v) is 19.5. The molecule has 0 fully saturated rings. The van der Waals surface area contributed by atoms with Crippen LogP contribution < -0.4 is 0 Å². The molecule has 0 aliphatic carbocycles. The lowest BCUT2D eigenvalue weighted by atomic mass is 10.3. The number of H-pyrrole nitrogens is 3. The smallest absolute Gasteiger partial charge is 0.333 e. The van der Waals surface area contributed by atoms with Gasteiger partial charge in [0.25, 0.3) is 8.53 Å². The molecule has 7 atom stereocenters. The number of aliphatic hydroxyl groups is 1. The minimum Gasteiger partial charge on any atom is -0.393 e. The summed E-state index contributed by atoms with van der Waals surface area (Å²) in [5.74, 6) is 3.68. The number of rotatable bonds is 20. The molecule has 0 saturated heterocycles. The molecule has 17 nitrogen and oxygen atoms in total. The lowest BCUT2D eigenvalue weighted by Crippen LogP contribution is -2.20. The van der Waals surface area contributed by atoms with Gasteiger partial charge in [0.15, 0.2) is 0 Å². The van der Waals surface area contributed by atoms with Crippen LogP contribution in [-0.2, 0) is 73.7 Å². The summed E-state index contributed by atoms with van der Waals surface area (Å²) in [5.41, 5.74) is 0. The Morgan fingerprint density at radius 2 is 1.37 bits per heavy atom. The largest absolute Gasteiger partial charge is 0.393 e. The third-order valence-electron chi connectivity index (χ3n) is 6.70. The molecule has 0 spiro atoms. The SMILES string of the molecule is CCOP(=S)(OC(C)C)O[C@@H](C)Cc1ncc[nH]1.CCOP(OC(C)C)O[C@@H](C)Cc1ncc[nH]1.CCOP1O[C@@H](C)Cc2nccn21.C[C@H](O)Cc1ncc[nH]1.ClCCl. The number of halogens is 2. The van der Waals surface area contributed by atoms with Gasteiger partial charge in [0, 0.05) is 75.3 Å². The van der Waals surface area contributed by atoms with Crippen LogP contribution in [0.25, 0.3) is 0 Å². The van der Waals surface area contributed by atoms with Crippen LogP contribution in [0.3, 0.4) is 0 Å². The van der Waals surface area contributed by atoms with Crippen LogP contribution in [0.5, 0.6) is 0 Å². The summed E-state index contributed by atoms with van der Waals surface area (Å²) in [6.45, 7) is 20.4. The number of imidazole rings is 4. The first-order valence-corrected chi connectivity index (χ1v) is 25.7. The Morgan fingerprint density at radius 1 is 0.817 bits per heavy atom. The highest BCUT2D eigenvalue weighted by Crippen LogP contribution is 2.52. The topological polar surface area (TPSA) is 198 Å². The van der Waals surface area contributed by atoms with Crippen LogP contribution in [-0.4, -0.2) is 106 Å². The highest BCUT2D eigenvalue weighted by atomic mass is 35.5. The lowest BCUT2D eigenvalue weighted by molar-refractivity contribution is 0.105. The van der Waals surface area contributed by atoms with Crippen LogP contribution in [0.4, 0.5) is 0 Å². The molecule has 1 aliphatic heterocycles. The second-order valence-electron chi connectivity index (χ2n) is 13.3. The minimum absolute atomic E-state index is 0.0116. The van der Waals surface area contributed by atoms with Gasteiger partial charge in [-0.1, -0.05) is 0 Å². The van der Waals surface area contributed by atoms with E-state index in [0.29, 0.717) is 32.7 Å². The first-order chi connectivity index (χ1) is 28.6. The van der Waals surface area contributed by atoms with Crippen molar-refractivity contribution < 1.29 is 41.3 Å². The van der Waals surface area contributed by atoms with Crippen molar-refractivity contribution in [1.82, 2.24) is 39.2 Å². The van der Waals surface area contributed by atoms with E-state index in [2.05, 4.69) is 34.9 Å². The fourth-order valence-electron chi connectivity index (χ4n) is 4.69. The molecular weight excluding hydrogens is 896 g/mol. The van der Waals surface area contributed by atoms with Gasteiger partial charge >= 0.3 is 15.3 Å². The number of hydrogen-bond donors (Lipinski definition) is 4. The molecule has 0 saturated carbocycles. The quantitative estimate of drug-likeness (QED) is 0.0482. The summed E-state index contributed by atoms with van der Waals surface area (Å²) in [7, 11) is -2.20. The molecule has 5 rings (SSSR count). The van der Waals surface area contributed by atoms with Gasteiger partial charge in [-0.2, -0.15) is 0 Å². The van der Waals surface area contributed by atoms with E-state index in [1.165, 1.54) is 0 Å². The molecule has 4 aromatic rings. The molecule has 23 heteroatoms. The normalized spacial score (nSPS) is 17.5. The molecule has 0 aromatic carbocycles. The number of aliphatic hydroxyl groups excluding tert-OH is 1. The lowest BCUT2D eigenvalue weighted by Gasteiger charge is -2.27. The second kappa shape index (κ2) is 33.1. The van der Waals surface area contributed by atoms with Crippen molar-refractivity contribution in [3.63, 3.8) is 0 Å². The van der Waals surface area contributed by atoms with Gasteiger partial charge in [-0.3, -0.25) is 4.34 Å². The Labute approximate surface area is 374 Å². The van der Waals surface area contributed by atoms with Crippen molar-refractivity contribution in [3.8, 4) is 0 Å². The molecule has 5 heterocycles. The number of alkyl halides is 2. The highest BCUT2D eigenvalue weighted by molar-refractivity contribution is 8.07. The van der Waals surface area contributed by atoms with E-state index in [-0.39, 0.29) is 42.0 Å². The van der Waals surface area contributed by atoms with Crippen molar-refractivity contribution in [1.29, 1.82) is 0 Å². The monoisotopic (exact) mass is 962 g/mol. The third kappa shape index (κ3) is 26.3. The van der Waals surface area contributed by atoms with E-state index >= 15 is 0 Å². The average Bonchev–Trinajstić information content (AvgIpc) is 3.99. The first-order valence-electron chi connectivity index (χ1n) is 19.8. The fraction of sp³-hybridized carbons (Fsp3) is 0.676. The van der Waals surface area contributed by atoms with E-state index in [1.807, 2.05) is 79.8 Å². The number of nitrogens with zero attached hydrogens (tertiary/aromatic N) is 5. The molecular formula is C37H67Cl2N8O9P3S. The summed E-state index contributed by atoms with van der Waals surface area (Å²) in [4.78, 5) is 25.5. The van der Waals surface area contributed by atoms with Crippen LogP contribution >= 0.6 is 47.0 Å². The average molecular weight is 964 g/mol. The molecule has 60 heavy (non-hydrogen) atoms. The van der Waals surface area contributed by atoms with E-state index in [9.17, 15) is 0 Å². The van der Waals surface area contributed by atoms with Crippen LogP contribution in [0.2, 0.25) is 0 Å². The Hall–Kier alpha value is -1.43. The Kier molecular flexibility index (Phi) is 31.2. The van der Waals surface area contributed by atoms with Gasteiger partial charge in [-0.15, -0.1) is 23.2 Å². The van der Waals surface area contributed by atoms with Gasteiger partial charge in [0.05, 0.1) is 61.8 Å². The van der Waals surface area contributed by atoms with Crippen molar-refractivity contribution in [2.45, 2.75) is 138 Å². The van der Waals surface area contributed by atoms with Gasteiger partial charge < -0.3 is 56.2 Å². The minimum atomic E-state index is -2.66. The highest BCUT2D eigenvalue weighted by Gasteiger charge is 2.27. The van der Waals surface area contributed by atoms with Gasteiger partial charge in [0.1, 0.15) is 23.3 Å². The van der Waals surface area contributed by atoms with Crippen LogP contribution in [0.15, 0.2) is 49.6 Å². The number of aromatic nitrogens is 8. The Bertz CT molecular complexity index is 1620. The van der Waals surface area contributed by atoms with Crippen molar-refractivity contribution in [2.24, 2.45) is 0 Å². The molecule has 0 amide bonds. The maximum Gasteiger partial charge on any atom is 0.333 e. The maximum atomic E-state index is 8.86. The zero-order valence-electron chi connectivity index (χ0n) is 36.7. The number of aromatic amines is 3. The van der Waals surface area contributed by atoms with Crippen molar-refractivity contribution in [3.05, 3.63) is 72.9 Å². The summed E-state index contributed by atoms with van der Waals surface area (Å²) in [5, 5.41) is 9.06. The van der Waals surface area contributed by atoms with Gasteiger partial charge in [0.2, 0.25) is 0 Å². The van der Waals surface area contributed by atoms with E-state index in [1.54, 1.807) is 50.3 Å². The van der Waals surface area contributed by atoms with E-state index < -0.39 is 23.8 Å². The predicted octanol–water partition coefficient (Wildman–Crippen LogP) is 9.80. The standard InChI is InChI=1S/C11H21N2O3PS.C11H21N2O3P.C8H13N2O2P.C6H10N2O.CH2Cl2/c1-5-14-17(18,15-9(2)3)16-10(4)8-11-12-6-7-13-11;1-5-14-17(15-9(2)3)16-10(4)8-11-12-6-7-13-11;1-3-11-13-10-5-4-9-8(10)6-7(2)12-13;1-5(9)4-6-7-2-3-8-6;2-1-3/h6-7,9-10H,5,8H2,1-4H3,(H,12,13);6-7,9-10H,5,8H2,1-4H3,(H,12,13);4-5,7H,3,6H2,1-2H3;2-3,5,9H,4H2,1H3,(H,7,8);1H2/t2*10-,17?;7-,13?;5-;/m0000./s1.